The van der Waals surface area contributed by atoms with Crippen molar-refractivity contribution in [3.8, 4) is 5.75 Å². The van der Waals surface area contributed by atoms with Gasteiger partial charge in [0, 0.05) is 26.3 Å². The van der Waals surface area contributed by atoms with E-state index in [9.17, 15) is 8.42 Å². The minimum atomic E-state index is -3.39. The molecule has 2 aliphatic rings. The van der Waals surface area contributed by atoms with Gasteiger partial charge in [-0.15, -0.1) is 0 Å². The number of hydrogen-bond acceptors (Lipinski definition) is 4. The molecule has 1 aromatic rings. The van der Waals surface area contributed by atoms with Crippen molar-refractivity contribution in [2.45, 2.75) is 24.2 Å². The number of methoxy groups -OCH3 is 1. The summed E-state index contributed by atoms with van der Waals surface area (Å²) in [5.41, 5.74) is 0. The smallest absolute Gasteiger partial charge is 0.243 e. The lowest BCUT2D eigenvalue weighted by molar-refractivity contribution is 0.0489. The topological polar surface area (TPSA) is 55.8 Å². The summed E-state index contributed by atoms with van der Waals surface area (Å²) in [5, 5.41) is 0. The minimum Gasteiger partial charge on any atom is -0.497 e. The quantitative estimate of drug-likeness (QED) is 0.851. The van der Waals surface area contributed by atoms with Gasteiger partial charge in [-0.25, -0.2) is 8.42 Å². The van der Waals surface area contributed by atoms with Crippen molar-refractivity contribution in [2.75, 3.05) is 33.4 Å². The zero-order valence-corrected chi connectivity index (χ0v) is 13.7. The highest BCUT2D eigenvalue weighted by Gasteiger charge is 2.36. The average molecular weight is 325 g/mol. The van der Waals surface area contributed by atoms with E-state index in [0.29, 0.717) is 35.6 Å². The molecule has 0 radical (unpaired) electrons. The monoisotopic (exact) mass is 325 g/mol. The van der Waals surface area contributed by atoms with Crippen molar-refractivity contribution >= 4 is 10.0 Å². The fraction of sp³-hybridized carbons (Fsp3) is 0.625. The molecule has 2 fully saturated rings. The molecule has 3 rings (SSSR count). The molecule has 2 aliphatic heterocycles. The summed E-state index contributed by atoms with van der Waals surface area (Å²) in [6.45, 7) is 2.88. The molecule has 1 atom stereocenters. The second-order valence-electron chi connectivity index (χ2n) is 6.04. The second-order valence-corrected chi connectivity index (χ2v) is 7.98. The number of rotatable bonds is 4. The predicted octanol–water partition coefficient (Wildman–Crippen LogP) is 2.13. The van der Waals surface area contributed by atoms with Gasteiger partial charge in [-0.2, -0.15) is 4.31 Å². The SMILES string of the molecule is COc1ccc(S(=O)(=O)N2CC[C@H](C3CCOCC3)C2)cc1. The molecule has 122 valence electrons. The third-order valence-corrected chi connectivity index (χ3v) is 6.70. The van der Waals surface area contributed by atoms with Gasteiger partial charge in [0.1, 0.15) is 5.75 Å². The van der Waals surface area contributed by atoms with E-state index in [0.717, 1.165) is 32.5 Å². The maximum absolute atomic E-state index is 12.7. The average Bonchev–Trinajstić information content (AvgIpc) is 3.06. The zero-order valence-electron chi connectivity index (χ0n) is 12.9. The van der Waals surface area contributed by atoms with E-state index in [4.69, 9.17) is 9.47 Å². The Labute approximate surface area is 132 Å². The van der Waals surface area contributed by atoms with Gasteiger partial charge in [-0.1, -0.05) is 0 Å². The van der Waals surface area contributed by atoms with E-state index < -0.39 is 10.0 Å². The van der Waals surface area contributed by atoms with Crippen LogP contribution in [0.15, 0.2) is 29.2 Å². The summed E-state index contributed by atoms with van der Waals surface area (Å²) in [5.74, 6) is 1.74. The highest BCUT2D eigenvalue weighted by Crippen LogP contribution is 2.33. The van der Waals surface area contributed by atoms with Crippen molar-refractivity contribution in [3.63, 3.8) is 0 Å². The zero-order chi connectivity index (χ0) is 15.6. The molecule has 0 bridgehead atoms. The fourth-order valence-electron chi connectivity index (χ4n) is 3.44. The van der Waals surface area contributed by atoms with Crippen molar-refractivity contribution in [2.24, 2.45) is 11.8 Å². The number of nitrogens with zero attached hydrogens (tertiary/aromatic N) is 1. The molecule has 5 nitrogen and oxygen atoms in total. The molecule has 0 amide bonds. The maximum Gasteiger partial charge on any atom is 0.243 e. The van der Waals surface area contributed by atoms with Gasteiger partial charge in [-0.3, -0.25) is 0 Å². The van der Waals surface area contributed by atoms with Crippen LogP contribution >= 0.6 is 0 Å². The maximum atomic E-state index is 12.7. The van der Waals surface area contributed by atoms with Crippen LogP contribution in [0.1, 0.15) is 19.3 Å². The van der Waals surface area contributed by atoms with Crippen LogP contribution in [-0.4, -0.2) is 46.1 Å². The Kier molecular flexibility index (Phi) is 4.70. The van der Waals surface area contributed by atoms with E-state index in [-0.39, 0.29) is 0 Å². The Hall–Kier alpha value is -1.11. The predicted molar refractivity (Wildman–Crippen MR) is 83.4 cm³/mol. The normalized spacial score (nSPS) is 24.5. The third-order valence-electron chi connectivity index (χ3n) is 4.82. The Morgan fingerprint density at radius 3 is 2.41 bits per heavy atom. The number of hydrogen-bond donors (Lipinski definition) is 0. The van der Waals surface area contributed by atoms with Crippen LogP contribution < -0.4 is 4.74 Å². The Morgan fingerprint density at radius 2 is 1.77 bits per heavy atom. The number of benzene rings is 1. The van der Waals surface area contributed by atoms with Gasteiger partial charge in [-0.05, 0) is 55.4 Å². The largest absolute Gasteiger partial charge is 0.497 e. The van der Waals surface area contributed by atoms with Crippen molar-refractivity contribution < 1.29 is 17.9 Å². The molecule has 0 aliphatic carbocycles. The van der Waals surface area contributed by atoms with Crippen LogP contribution in [0.25, 0.3) is 0 Å². The number of sulfonamides is 1. The molecular weight excluding hydrogens is 302 g/mol. The van der Waals surface area contributed by atoms with E-state index in [1.54, 1.807) is 35.7 Å². The molecule has 0 spiro atoms. The second kappa shape index (κ2) is 6.56. The van der Waals surface area contributed by atoms with Crippen molar-refractivity contribution in [1.82, 2.24) is 4.31 Å². The van der Waals surface area contributed by atoms with Gasteiger partial charge in [0.15, 0.2) is 0 Å². The van der Waals surface area contributed by atoms with Crippen LogP contribution in [0.5, 0.6) is 5.75 Å². The lowest BCUT2D eigenvalue weighted by atomic mass is 9.85. The Balaban J connectivity index is 1.70. The summed E-state index contributed by atoms with van der Waals surface area (Å²) in [6.07, 6.45) is 3.07. The van der Waals surface area contributed by atoms with Crippen molar-refractivity contribution in [1.29, 1.82) is 0 Å². The van der Waals surface area contributed by atoms with Gasteiger partial charge in [0.2, 0.25) is 10.0 Å². The summed E-state index contributed by atoms with van der Waals surface area (Å²) in [4.78, 5) is 0.348. The molecule has 2 heterocycles. The van der Waals surface area contributed by atoms with Gasteiger partial charge in [0.05, 0.1) is 12.0 Å². The summed E-state index contributed by atoms with van der Waals surface area (Å²) >= 11 is 0. The first-order chi connectivity index (χ1) is 10.6. The van der Waals surface area contributed by atoms with E-state index in [2.05, 4.69) is 0 Å². The lowest BCUT2D eigenvalue weighted by Gasteiger charge is -2.27. The lowest BCUT2D eigenvalue weighted by Crippen LogP contribution is -2.31. The molecule has 22 heavy (non-hydrogen) atoms. The van der Waals surface area contributed by atoms with E-state index >= 15 is 0 Å². The van der Waals surface area contributed by atoms with E-state index in [1.165, 1.54) is 0 Å². The van der Waals surface area contributed by atoms with Gasteiger partial charge >= 0.3 is 0 Å². The summed E-state index contributed by atoms with van der Waals surface area (Å²) < 4.78 is 37.6. The first-order valence-corrected chi connectivity index (χ1v) is 9.27. The number of ether oxygens (including phenoxy) is 2. The van der Waals surface area contributed by atoms with E-state index in [1.807, 2.05) is 0 Å². The first-order valence-electron chi connectivity index (χ1n) is 7.83. The molecule has 0 saturated carbocycles. The van der Waals surface area contributed by atoms with Gasteiger partial charge in [0.25, 0.3) is 0 Å². The van der Waals surface area contributed by atoms with Crippen molar-refractivity contribution in [3.05, 3.63) is 24.3 Å². The highest BCUT2D eigenvalue weighted by molar-refractivity contribution is 7.89. The molecular formula is C16H23NO4S. The van der Waals surface area contributed by atoms with Crippen LogP contribution in [-0.2, 0) is 14.8 Å². The van der Waals surface area contributed by atoms with Gasteiger partial charge < -0.3 is 9.47 Å². The molecule has 1 aromatic carbocycles. The standard InChI is InChI=1S/C16H23NO4S/c1-20-15-2-4-16(5-3-15)22(18,19)17-9-6-14(12-17)13-7-10-21-11-8-13/h2-5,13-14H,6-12H2,1H3/t14-/m0/s1. The van der Waals surface area contributed by atoms with Crippen LogP contribution in [0.2, 0.25) is 0 Å². The minimum absolute atomic E-state index is 0.348. The van der Waals surface area contributed by atoms with Crippen LogP contribution in [0.3, 0.4) is 0 Å². The third kappa shape index (κ3) is 3.14. The molecule has 0 aromatic heterocycles. The molecule has 6 heteroatoms. The molecule has 0 unspecified atom stereocenters. The Morgan fingerprint density at radius 1 is 1.09 bits per heavy atom. The summed E-state index contributed by atoms with van der Waals surface area (Å²) in [7, 11) is -1.82. The molecule has 0 N–H and O–H groups in total. The first kappa shape index (κ1) is 15.8. The highest BCUT2D eigenvalue weighted by atomic mass is 32.2. The van der Waals surface area contributed by atoms with Crippen LogP contribution in [0, 0.1) is 11.8 Å². The molecule has 2 saturated heterocycles. The van der Waals surface area contributed by atoms with Crippen LogP contribution in [0.4, 0.5) is 0 Å². The Bertz CT molecular complexity index is 593. The fourth-order valence-corrected chi connectivity index (χ4v) is 4.95. The summed E-state index contributed by atoms with van der Waals surface area (Å²) in [6, 6.07) is 6.63.